The van der Waals surface area contributed by atoms with E-state index in [0.717, 1.165) is 5.56 Å². The maximum atomic E-state index is 11.1. The third-order valence-corrected chi connectivity index (χ3v) is 2.58. The van der Waals surface area contributed by atoms with Gasteiger partial charge in [-0.15, -0.1) is 0 Å². The zero-order valence-electron chi connectivity index (χ0n) is 8.54. The summed E-state index contributed by atoms with van der Waals surface area (Å²) in [5.41, 5.74) is 0.834. The SMILES string of the molecule is CO[C@@H]1C(=O)N[C@@H]1c1ccc([N+](=O)[O-])cc1. The Morgan fingerprint density at radius 2 is 2.00 bits per heavy atom. The van der Waals surface area contributed by atoms with Crippen LogP contribution < -0.4 is 5.32 Å². The predicted octanol–water partition coefficient (Wildman–Crippen LogP) is 0.781. The van der Waals surface area contributed by atoms with E-state index in [0.29, 0.717) is 0 Å². The van der Waals surface area contributed by atoms with Crippen LogP contribution in [0.25, 0.3) is 0 Å². The lowest BCUT2D eigenvalue weighted by Gasteiger charge is -2.35. The fourth-order valence-corrected chi connectivity index (χ4v) is 1.67. The van der Waals surface area contributed by atoms with E-state index in [1.54, 1.807) is 12.1 Å². The Morgan fingerprint density at radius 3 is 2.44 bits per heavy atom. The van der Waals surface area contributed by atoms with Gasteiger partial charge < -0.3 is 10.1 Å². The molecular formula is C10H10N2O4. The maximum absolute atomic E-state index is 11.1. The second kappa shape index (κ2) is 3.90. The molecule has 6 nitrogen and oxygen atoms in total. The number of hydrogen-bond donors (Lipinski definition) is 1. The molecule has 0 aromatic heterocycles. The van der Waals surface area contributed by atoms with E-state index < -0.39 is 11.0 Å². The fourth-order valence-electron chi connectivity index (χ4n) is 1.67. The summed E-state index contributed by atoms with van der Waals surface area (Å²) >= 11 is 0. The van der Waals surface area contributed by atoms with Crippen molar-refractivity contribution >= 4 is 11.6 Å². The smallest absolute Gasteiger partial charge is 0.269 e. The zero-order chi connectivity index (χ0) is 11.7. The Hall–Kier alpha value is -1.95. The summed E-state index contributed by atoms with van der Waals surface area (Å²) in [6.07, 6.45) is -0.499. The Labute approximate surface area is 91.4 Å². The van der Waals surface area contributed by atoms with Gasteiger partial charge in [-0.3, -0.25) is 14.9 Å². The molecule has 1 heterocycles. The predicted molar refractivity (Wildman–Crippen MR) is 54.8 cm³/mol. The minimum Gasteiger partial charge on any atom is -0.369 e. The first-order valence-corrected chi connectivity index (χ1v) is 4.71. The van der Waals surface area contributed by atoms with Gasteiger partial charge in [0.05, 0.1) is 11.0 Å². The number of β-lactam (4-membered cyclic amide) rings is 1. The van der Waals surface area contributed by atoms with E-state index in [1.807, 2.05) is 0 Å². The van der Waals surface area contributed by atoms with Gasteiger partial charge >= 0.3 is 0 Å². The first-order chi connectivity index (χ1) is 7.63. The van der Waals surface area contributed by atoms with Crippen molar-refractivity contribution in [3.63, 3.8) is 0 Å². The summed E-state index contributed by atoms with van der Waals surface area (Å²) in [5.74, 6) is -0.161. The van der Waals surface area contributed by atoms with Crippen LogP contribution in [-0.4, -0.2) is 24.0 Å². The topological polar surface area (TPSA) is 81.5 Å². The molecule has 1 fully saturated rings. The second-order valence-corrected chi connectivity index (χ2v) is 3.49. The lowest BCUT2D eigenvalue weighted by molar-refractivity contribution is -0.384. The monoisotopic (exact) mass is 222 g/mol. The first kappa shape index (κ1) is 10.6. The number of rotatable bonds is 3. The van der Waals surface area contributed by atoms with Crippen LogP contribution in [0.15, 0.2) is 24.3 Å². The quantitative estimate of drug-likeness (QED) is 0.465. The highest BCUT2D eigenvalue weighted by Crippen LogP contribution is 2.27. The van der Waals surface area contributed by atoms with Crippen molar-refractivity contribution in [1.82, 2.24) is 5.32 Å². The van der Waals surface area contributed by atoms with Gasteiger partial charge in [0.25, 0.3) is 11.6 Å². The van der Waals surface area contributed by atoms with Crippen molar-refractivity contribution in [2.75, 3.05) is 7.11 Å². The minimum absolute atomic E-state index is 0.0309. The molecule has 6 heteroatoms. The third-order valence-electron chi connectivity index (χ3n) is 2.58. The molecule has 84 valence electrons. The van der Waals surface area contributed by atoms with Crippen LogP contribution in [0.5, 0.6) is 0 Å². The summed E-state index contributed by atoms with van der Waals surface area (Å²) < 4.78 is 5.00. The molecule has 1 aromatic rings. The molecule has 0 saturated carbocycles. The number of carbonyl (C=O) groups excluding carboxylic acids is 1. The van der Waals surface area contributed by atoms with Crippen molar-refractivity contribution in [3.8, 4) is 0 Å². The van der Waals surface area contributed by atoms with Gasteiger partial charge in [-0.1, -0.05) is 12.1 Å². The zero-order valence-corrected chi connectivity index (χ0v) is 8.54. The molecule has 0 bridgehead atoms. The Kier molecular flexibility index (Phi) is 2.57. The molecule has 1 aliphatic rings. The number of amides is 1. The lowest BCUT2D eigenvalue weighted by atomic mass is 9.94. The number of nitro benzene ring substituents is 1. The highest BCUT2D eigenvalue weighted by atomic mass is 16.6. The van der Waals surface area contributed by atoms with Gasteiger partial charge in [-0.2, -0.15) is 0 Å². The molecule has 2 atom stereocenters. The molecule has 1 aliphatic heterocycles. The fraction of sp³-hybridized carbons (Fsp3) is 0.300. The molecule has 0 aliphatic carbocycles. The van der Waals surface area contributed by atoms with E-state index in [-0.39, 0.29) is 17.6 Å². The number of ether oxygens (including phenoxy) is 1. The van der Waals surface area contributed by atoms with Gasteiger partial charge in [0.15, 0.2) is 6.10 Å². The number of nitrogens with zero attached hydrogens (tertiary/aromatic N) is 1. The third kappa shape index (κ3) is 1.63. The summed E-state index contributed by atoms with van der Waals surface area (Å²) in [6, 6.07) is 5.85. The molecule has 16 heavy (non-hydrogen) atoms. The molecule has 1 amide bonds. The van der Waals surface area contributed by atoms with Crippen LogP contribution in [0.3, 0.4) is 0 Å². The highest BCUT2D eigenvalue weighted by Gasteiger charge is 2.40. The van der Waals surface area contributed by atoms with Crippen LogP contribution >= 0.6 is 0 Å². The molecule has 1 saturated heterocycles. The van der Waals surface area contributed by atoms with Crippen molar-refractivity contribution in [1.29, 1.82) is 0 Å². The van der Waals surface area contributed by atoms with Gasteiger partial charge in [-0.25, -0.2) is 0 Å². The van der Waals surface area contributed by atoms with E-state index in [4.69, 9.17) is 4.74 Å². The normalized spacial score (nSPS) is 23.4. The first-order valence-electron chi connectivity index (χ1n) is 4.71. The molecule has 1 N–H and O–H groups in total. The lowest BCUT2D eigenvalue weighted by Crippen LogP contribution is -2.56. The van der Waals surface area contributed by atoms with Crippen LogP contribution in [-0.2, 0) is 9.53 Å². The van der Waals surface area contributed by atoms with Crippen LogP contribution in [0.2, 0.25) is 0 Å². The molecule has 0 unspecified atom stereocenters. The number of non-ortho nitro benzene ring substituents is 1. The average molecular weight is 222 g/mol. The number of methoxy groups -OCH3 is 1. The van der Waals surface area contributed by atoms with E-state index in [9.17, 15) is 14.9 Å². The van der Waals surface area contributed by atoms with Gasteiger partial charge in [0.1, 0.15) is 0 Å². The molecular weight excluding hydrogens is 212 g/mol. The number of nitrogens with one attached hydrogen (secondary N) is 1. The molecule has 2 rings (SSSR count). The Balaban J connectivity index is 2.17. The summed E-state index contributed by atoms with van der Waals surface area (Å²) in [5, 5.41) is 13.1. The number of carbonyl (C=O) groups is 1. The van der Waals surface area contributed by atoms with Crippen LogP contribution in [0.1, 0.15) is 11.6 Å². The standard InChI is InChI=1S/C10H10N2O4/c1-16-9-8(11-10(9)13)6-2-4-7(5-3-6)12(14)15/h2-5,8-9H,1H3,(H,11,13)/t8-,9+/m1/s1. The van der Waals surface area contributed by atoms with Crippen molar-refractivity contribution in [2.45, 2.75) is 12.1 Å². The van der Waals surface area contributed by atoms with Gasteiger partial charge in [0.2, 0.25) is 0 Å². The summed E-state index contributed by atoms with van der Waals surface area (Å²) in [7, 11) is 1.46. The molecule has 1 aromatic carbocycles. The van der Waals surface area contributed by atoms with E-state index in [1.165, 1.54) is 19.2 Å². The van der Waals surface area contributed by atoms with Crippen molar-refractivity contribution in [2.24, 2.45) is 0 Å². The van der Waals surface area contributed by atoms with Gasteiger partial charge in [-0.05, 0) is 5.56 Å². The minimum atomic E-state index is -0.499. The maximum Gasteiger partial charge on any atom is 0.269 e. The second-order valence-electron chi connectivity index (χ2n) is 3.49. The molecule has 0 radical (unpaired) electrons. The summed E-state index contributed by atoms with van der Waals surface area (Å²) in [6.45, 7) is 0. The molecule has 0 spiro atoms. The van der Waals surface area contributed by atoms with Crippen molar-refractivity contribution in [3.05, 3.63) is 39.9 Å². The van der Waals surface area contributed by atoms with E-state index >= 15 is 0 Å². The summed E-state index contributed by atoms with van der Waals surface area (Å²) in [4.78, 5) is 21.1. The average Bonchev–Trinajstić information content (AvgIpc) is 2.26. The number of benzene rings is 1. The Bertz CT molecular complexity index is 429. The van der Waals surface area contributed by atoms with Crippen molar-refractivity contribution < 1.29 is 14.5 Å². The largest absolute Gasteiger partial charge is 0.369 e. The Morgan fingerprint density at radius 1 is 1.38 bits per heavy atom. The highest BCUT2D eigenvalue weighted by molar-refractivity contribution is 5.88. The van der Waals surface area contributed by atoms with Crippen LogP contribution in [0, 0.1) is 10.1 Å². The van der Waals surface area contributed by atoms with Gasteiger partial charge in [0, 0.05) is 19.2 Å². The van der Waals surface area contributed by atoms with Crippen LogP contribution in [0.4, 0.5) is 5.69 Å². The number of hydrogen-bond acceptors (Lipinski definition) is 4. The number of nitro groups is 1. The van der Waals surface area contributed by atoms with E-state index in [2.05, 4.69) is 5.32 Å².